The predicted octanol–water partition coefficient (Wildman–Crippen LogP) is 3.26. The van der Waals surface area contributed by atoms with E-state index in [4.69, 9.17) is 23.2 Å². The summed E-state index contributed by atoms with van der Waals surface area (Å²) in [4.78, 5) is 15.1. The van der Waals surface area contributed by atoms with E-state index in [9.17, 15) is 13.2 Å². The molecule has 1 aliphatic heterocycles. The molecule has 3 rings (SSSR count). The van der Waals surface area contributed by atoms with Crippen LogP contribution in [0, 0.1) is 0 Å². The fourth-order valence-corrected chi connectivity index (χ4v) is 6.15. The van der Waals surface area contributed by atoms with Crippen LogP contribution in [0.25, 0.3) is 0 Å². The zero-order chi connectivity index (χ0) is 16.6. The number of sulfone groups is 1. The summed E-state index contributed by atoms with van der Waals surface area (Å²) < 4.78 is 23.4. The molecule has 23 heavy (non-hydrogen) atoms. The molecule has 1 amide bonds. The van der Waals surface area contributed by atoms with Gasteiger partial charge in [-0.25, -0.2) is 8.42 Å². The van der Waals surface area contributed by atoms with Crippen LogP contribution >= 0.6 is 35.0 Å². The summed E-state index contributed by atoms with van der Waals surface area (Å²) in [5, 5.41) is 1.05. The maximum atomic E-state index is 12.6. The molecule has 8 heteroatoms. The molecule has 126 valence electrons. The minimum absolute atomic E-state index is 0.0319. The average molecular weight is 394 g/mol. The van der Waals surface area contributed by atoms with Gasteiger partial charge in [-0.15, -0.1) is 11.8 Å². The van der Waals surface area contributed by atoms with Crippen LogP contribution in [-0.2, 0) is 14.6 Å². The van der Waals surface area contributed by atoms with Gasteiger partial charge in [-0.2, -0.15) is 0 Å². The number of carbonyl (C=O) groups excluding carboxylic acids is 1. The van der Waals surface area contributed by atoms with Gasteiger partial charge in [-0.05, 0) is 31.4 Å². The number of rotatable bonds is 5. The van der Waals surface area contributed by atoms with Crippen molar-refractivity contribution in [3.05, 3.63) is 28.2 Å². The Morgan fingerprint density at radius 3 is 2.35 bits per heavy atom. The summed E-state index contributed by atoms with van der Waals surface area (Å²) in [6.07, 6.45) is 2.46. The monoisotopic (exact) mass is 393 g/mol. The van der Waals surface area contributed by atoms with E-state index in [1.165, 1.54) is 11.8 Å². The number of amides is 1. The zero-order valence-corrected chi connectivity index (χ0v) is 15.5. The Morgan fingerprint density at radius 2 is 1.83 bits per heavy atom. The first-order valence-electron chi connectivity index (χ1n) is 7.46. The largest absolute Gasteiger partial charge is 0.335 e. The fourth-order valence-electron chi connectivity index (χ4n) is 2.88. The van der Waals surface area contributed by atoms with Gasteiger partial charge >= 0.3 is 0 Å². The number of thioether (sulfide) groups is 1. The van der Waals surface area contributed by atoms with Crippen LogP contribution in [0.15, 0.2) is 23.1 Å². The topological polar surface area (TPSA) is 54.5 Å². The third-order valence-electron chi connectivity index (χ3n) is 4.09. The van der Waals surface area contributed by atoms with Gasteiger partial charge in [0.1, 0.15) is 0 Å². The van der Waals surface area contributed by atoms with Crippen molar-refractivity contribution in [1.82, 2.24) is 4.90 Å². The number of halogens is 2. The SMILES string of the molecule is O=C(CSc1c(Cl)cccc1Cl)N(C1CC1)[C@H]1CCS(=O)(=O)C1. The molecule has 2 aliphatic rings. The molecule has 1 aromatic carbocycles. The lowest BCUT2D eigenvalue weighted by molar-refractivity contribution is -0.130. The molecular formula is C15H17Cl2NO3S2. The van der Waals surface area contributed by atoms with Gasteiger partial charge < -0.3 is 4.90 Å². The number of hydrogen-bond donors (Lipinski definition) is 0. The highest BCUT2D eigenvalue weighted by molar-refractivity contribution is 8.00. The number of benzene rings is 1. The Kier molecular flexibility index (Phi) is 5.16. The normalized spacial score (nSPS) is 23.0. The van der Waals surface area contributed by atoms with E-state index in [-0.39, 0.29) is 35.2 Å². The summed E-state index contributed by atoms with van der Waals surface area (Å²) >= 11 is 13.6. The van der Waals surface area contributed by atoms with Crippen LogP contribution in [-0.4, -0.2) is 48.6 Å². The van der Waals surface area contributed by atoms with Crippen molar-refractivity contribution in [3.8, 4) is 0 Å². The van der Waals surface area contributed by atoms with Crippen LogP contribution in [0.5, 0.6) is 0 Å². The molecule has 0 N–H and O–H groups in total. The number of hydrogen-bond acceptors (Lipinski definition) is 4. The Bertz CT molecular complexity index is 699. The lowest BCUT2D eigenvalue weighted by Crippen LogP contribution is -2.43. The third-order valence-corrected chi connectivity index (χ3v) is 7.81. The first-order chi connectivity index (χ1) is 10.9. The predicted molar refractivity (Wildman–Crippen MR) is 94.1 cm³/mol. The van der Waals surface area contributed by atoms with Crippen LogP contribution in [0.1, 0.15) is 19.3 Å². The van der Waals surface area contributed by atoms with Crippen molar-refractivity contribution >= 4 is 50.7 Å². The van der Waals surface area contributed by atoms with Crippen molar-refractivity contribution < 1.29 is 13.2 Å². The molecule has 2 fully saturated rings. The van der Waals surface area contributed by atoms with Gasteiger partial charge in [0, 0.05) is 17.0 Å². The number of carbonyl (C=O) groups is 1. The van der Waals surface area contributed by atoms with E-state index in [2.05, 4.69) is 0 Å². The summed E-state index contributed by atoms with van der Waals surface area (Å²) in [7, 11) is -3.00. The molecular weight excluding hydrogens is 377 g/mol. The Labute approximate surface area is 150 Å². The minimum Gasteiger partial charge on any atom is -0.335 e. The van der Waals surface area contributed by atoms with Crippen LogP contribution in [0.2, 0.25) is 10.0 Å². The maximum Gasteiger partial charge on any atom is 0.233 e. The molecule has 0 unspecified atom stereocenters. The van der Waals surface area contributed by atoms with Gasteiger partial charge in [-0.1, -0.05) is 29.3 Å². The zero-order valence-electron chi connectivity index (χ0n) is 12.4. The van der Waals surface area contributed by atoms with E-state index >= 15 is 0 Å². The van der Waals surface area contributed by atoms with E-state index in [1.54, 1.807) is 23.1 Å². The van der Waals surface area contributed by atoms with Crippen LogP contribution < -0.4 is 0 Å². The first kappa shape index (κ1) is 17.4. The molecule has 1 aliphatic carbocycles. The second-order valence-corrected chi connectivity index (χ2v) is 9.96. The van der Waals surface area contributed by atoms with Gasteiger partial charge in [0.05, 0.1) is 27.3 Å². The Hall–Kier alpha value is -0.430. The van der Waals surface area contributed by atoms with Crippen LogP contribution in [0.3, 0.4) is 0 Å². The van der Waals surface area contributed by atoms with Crippen molar-refractivity contribution in [1.29, 1.82) is 0 Å². The summed E-state index contributed by atoms with van der Waals surface area (Å²) in [6.45, 7) is 0. The number of nitrogens with zero attached hydrogens (tertiary/aromatic N) is 1. The molecule has 1 heterocycles. The molecule has 1 saturated heterocycles. The summed E-state index contributed by atoms with van der Waals surface area (Å²) in [5.74, 6) is 0.455. The highest BCUT2D eigenvalue weighted by Crippen LogP contribution is 2.36. The van der Waals surface area contributed by atoms with Crippen LogP contribution in [0.4, 0.5) is 0 Å². The minimum atomic E-state index is -3.00. The average Bonchev–Trinajstić information content (AvgIpc) is 3.23. The maximum absolute atomic E-state index is 12.6. The molecule has 1 saturated carbocycles. The van der Waals surface area contributed by atoms with E-state index in [0.29, 0.717) is 21.4 Å². The lowest BCUT2D eigenvalue weighted by atomic mass is 10.2. The van der Waals surface area contributed by atoms with E-state index in [1.807, 2.05) is 0 Å². The quantitative estimate of drug-likeness (QED) is 0.720. The van der Waals surface area contributed by atoms with Crippen molar-refractivity contribution in [2.45, 2.75) is 36.2 Å². The molecule has 0 radical (unpaired) electrons. The van der Waals surface area contributed by atoms with Gasteiger partial charge in [0.15, 0.2) is 9.84 Å². The highest BCUT2D eigenvalue weighted by atomic mass is 35.5. The molecule has 0 bridgehead atoms. The summed E-state index contributed by atoms with van der Waals surface area (Å²) in [6, 6.07) is 5.26. The first-order valence-corrected chi connectivity index (χ1v) is 11.0. The van der Waals surface area contributed by atoms with Gasteiger partial charge in [-0.3, -0.25) is 4.79 Å². The lowest BCUT2D eigenvalue weighted by Gasteiger charge is -2.28. The van der Waals surface area contributed by atoms with Crippen molar-refractivity contribution in [2.75, 3.05) is 17.3 Å². The van der Waals surface area contributed by atoms with Crippen molar-refractivity contribution in [3.63, 3.8) is 0 Å². The standard InChI is InChI=1S/C15H17Cl2NO3S2/c16-12-2-1-3-13(17)15(12)22-8-14(19)18(10-4-5-10)11-6-7-23(20,21)9-11/h1-3,10-11H,4-9H2/t11-/m0/s1. The second kappa shape index (κ2) is 6.82. The smallest absolute Gasteiger partial charge is 0.233 e. The van der Waals surface area contributed by atoms with Gasteiger partial charge in [0.2, 0.25) is 5.91 Å². The molecule has 0 aromatic heterocycles. The third kappa shape index (κ3) is 4.16. The Morgan fingerprint density at radius 1 is 1.17 bits per heavy atom. The molecule has 1 aromatic rings. The summed E-state index contributed by atoms with van der Waals surface area (Å²) in [5.41, 5.74) is 0. The Balaban J connectivity index is 1.68. The van der Waals surface area contributed by atoms with E-state index < -0.39 is 9.84 Å². The van der Waals surface area contributed by atoms with E-state index in [0.717, 1.165) is 12.8 Å². The molecule has 0 spiro atoms. The van der Waals surface area contributed by atoms with Crippen molar-refractivity contribution in [2.24, 2.45) is 0 Å². The molecule has 4 nitrogen and oxygen atoms in total. The fraction of sp³-hybridized carbons (Fsp3) is 0.533. The van der Waals surface area contributed by atoms with Gasteiger partial charge in [0.25, 0.3) is 0 Å². The second-order valence-electron chi connectivity index (χ2n) is 5.93. The highest BCUT2D eigenvalue weighted by Gasteiger charge is 2.41. The molecule has 1 atom stereocenters.